The summed E-state index contributed by atoms with van der Waals surface area (Å²) < 4.78 is 32.6. The predicted octanol–water partition coefficient (Wildman–Crippen LogP) is 1.07. The second kappa shape index (κ2) is 4.24. The number of hydrogen-bond donors (Lipinski definition) is 0. The molecule has 0 aliphatic carbocycles. The zero-order chi connectivity index (χ0) is 11.5. The lowest BCUT2D eigenvalue weighted by atomic mass is 10.3. The fourth-order valence-corrected chi connectivity index (χ4v) is 1.70. The first-order chi connectivity index (χ1) is 7.05. The monoisotopic (exact) mass is 226 g/mol. The Labute approximate surface area is 88.7 Å². The molecule has 0 atom stereocenters. The Morgan fingerprint density at radius 1 is 1.20 bits per heavy atom. The fraction of sp³-hybridized carbons (Fsp3) is 0.200. The van der Waals surface area contributed by atoms with Gasteiger partial charge in [-0.2, -0.15) is 0 Å². The SMILES string of the molecule is C#CS(=O)(=O)c1ccc(OC)c(OC)c1. The lowest BCUT2D eigenvalue weighted by Crippen LogP contribution is -1.98. The van der Waals surface area contributed by atoms with Crippen molar-refractivity contribution in [3.05, 3.63) is 18.2 Å². The molecule has 0 unspecified atom stereocenters. The molecule has 15 heavy (non-hydrogen) atoms. The Hall–Kier alpha value is -1.67. The Morgan fingerprint density at radius 3 is 2.27 bits per heavy atom. The van der Waals surface area contributed by atoms with Crippen LogP contribution in [0.4, 0.5) is 0 Å². The summed E-state index contributed by atoms with van der Waals surface area (Å²) in [6.45, 7) is 0. The molecule has 0 saturated heterocycles. The van der Waals surface area contributed by atoms with E-state index in [4.69, 9.17) is 15.9 Å². The zero-order valence-corrected chi connectivity index (χ0v) is 9.17. The van der Waals surface area contributed by atoms with Gasteiger partial charge in [-0.3, -0.25) is 0 Å². The molecule has 0 spiro atoms. The normalized spacial score (nSPS) is 10.5. The Balaban J connectivity index is 3.34. The molecule has 0 aliphatic rings. The van der Waals surface area contributed by atoms with Gasteiger partial charge < -0.3 is 9.47 Å². The molecule has 0 fully saturated rings. The van der Waals surface area contributed by atoms with E-state index in [9.17, 15) is 8.42 Å². The molecule has 4 nitrogen and oxygen atoms in total. The van der Waals surface area contributed by atoms with Crippen molar-refractivity contribution in [3.8, 4) is 23.2 Å². The molecule has 0 bridgehead atoms. The highest BCUT2D eigenvalue weighted by molar-refractivity contribution is 7.96. The van der Waals surface area contributed by atoms with Gasteiger partial charge in [0.1, 0.15) is 0 Å². The Bertz CT molecular complexity index is 497. The highest BCUT2D eigenvalue weighted by Gasteiger charge is 2.13. The Morgan fingerprint density at radius 2 is 1.80 bits per heavy atom. The van der Waals surface area contributed by atoms with Gasteiger partial charge in [-0.25, -0.2) is 8.42 Å². The maximum atomic E-state index is 11.3. The van der Waals surface area contributed by atoms with E-state index in [1.165, 1.54) is 32.4 Å². The van der Waals surface area contributed by atoms with Crippen molar-refractivity contribution in [1.29, 1.82) is 0 Å². The van der Waals surface area contributed by atoms with Gasteiger partial charge in [0, 0.05) is 11.3 Å². The van der Waals surface area contributed by atoms with E-state index in [2.05, 4.69) is 0 Å². The van der Waals surface area contributed by atoms with E-state index in [-0.39, 0.29) is 4.90 Å². The molecule has 0 aromatic heterocycles. The van der Waals surface area contributed by atoms with Crippen LogP contribution < -0.4 is 9.47 Å². The van der Waals surface area contributed by atoms with Crippen LogP contribution in [0, 0.1) is 11.7 Å². The van der Waals surface area contributed by atoms with Crippen molar-refractivity contribution in [1.82, 2.24) is 0 Å². The van der Waals surface area contributed by atoms with Gasteiger partial charge in [0.15, 0.2) is 11.5 Å². The van der Waals surface area contributed by atoms with Crippen LogP contribution in [0.15, 0.2) is 23.1 Å². The molecule has 0 N–H and O–H groups in total. The summed E-state index contributed by atoms with van der Waals surface area (Å²) in [7, 11) is -0.777. The third-order valence-electron chi connectivity index (χ3n) is 1.82. The van der Waals surface area contributed by atoms with Crippen molar-refractivity contribution in [2.24, 2.45) is 0 Å². The standard InChI is InChI=1S/C10H10O4S/c1-4-15(11,12)8-5-6-9(13-2)10(7-8)14-3/h1,5-7H,2-3H3. The highest BCUT2D eigenvalue weighted by atomic mass is 32.2. The second-order valence-electron chi connectivity index (χ2n) is 2.64. The van der Waals surface area contributed by atoms with E-state index in [0.717, 1.165) is 0 Å². The third kappa shape index (κ3) is 2.22. The van der Waals surface area contributed by atoms with Crippen molar-refractivity contribution in [2.45, 2.75) is 4.90 Å². The van der Waals surface area contributed by atoms with Crippen LogP contribution in [-0.2, 0) is 9.84 Å². The van der Waals surface area contributed by atoms with Gasteiger partial charge in [-0.1, -0.05) is 0 Å². The number of ether oxygens (including phenoxy) is 2. The van der Waals surface area contributed by atoms with Gasteiger partial charge >= 0.3 is 0 Å². The minimum absolute atomic E-state index is 0.0163. The number of rotatable bonds is 3. The molecular weight excluding hydrogens is 216 g/mol. The minimum Gasteiger partial charge on any atom is -0.493 e. The first-order valence-corrected chi connectivity index (χ1v) is 5.48. The lowest BCUT2D eigenvalue weighted by molar-refractivity contribution is 0.354. The average Bonchev–Trinajstić information content (AvgIpc) is 2.28. The summed E-state index contributed by atoms with van der Waals surface area (Å²) in [6.07, 6.45) is 4.89. The molecule has 0 saturated carbocycles. The molecule has 1 aromatic carbocycles. The van der Waals surface area contributed by atoms with Gasteiger partial charge in [-0.15, -0.1) is 6.42 Å². The number of benzene rings is 1. The van der Waals surface area contributed by atoms with E-state index >= 15 is 0 Å². The van der Waals surface area contributed by atoms with Crippen molar-refractivity contribution < 1.29 is 17.9 Å². The second-order valence-corrected chi connectivity index (χ2v) is 4.35. The first kappa shape index (κ1) is 11.4. The summed E-state index contributed by atoms with van der Waals surface area (Å²) in [6, 6.07) is 4.19. The molecule has 0 heterocycles. The number of hydrogen-bond acceptors (Lipinski definition) is 4. The van der Waals surface area contributed by atoms with Crippen LogP contribution in [0.2, 0.25) is 0 Å². The molecule has 1 aromatic rings. The average molecular weight is 226 g/mol. The lowest BCUT2D eigenvalue weighted by Gasteiger charge is -2.07. The van der Waals surface area contributed by atoms with Gasteiger partial charge in [-0.05, 0) is 12.1 Å². The maximum absolute atomic E-state index is 11.3. The van der Waals surface area contributed by atoms with Crippen LogP contribution in [0.5, 0.6) is 11.5 Å². The predicted molar refractivity (Wildman–Crippen MR) is 55.6 cm³/mol. The van der Waals surface area contributed by atoms with Crippen molar-refractivity contribution >= 4 is 9.84 Å². The smallest absolute Gasteiger partial charge is 0.245 e. The van der Waals surface area contributed by atoms with Gasteiger partial charge in [0.25, 0.3) is 0 Å². The van der Waals surface area contributed by atoms with Crippen LogP contribution in [0.1, 0.15) is 0 Å². The van der Waals surface area contributed by atoms with E-state index in [0.29, 0.717) is 11.5 Å². The Kier molecular flexibility index (Phi) is 3.22. The summed E-state index contributed by atoms with van der Waals surface area (Å²) in [4.78, 5) is 0.0163. The quantitative estimate of drug-likeness (QED) is 0.571. The van der Waals surface area contributed by atoms with Crippen molar-refractivity contribution in [2.75, 3.05) is 14.2 Å². The molecule has 1 rings (SSSR count). The van der Waals surface area contributed by atoms with Crippen LogP contribution in [0.3, 0.4) is 0 Å². The minimum atomic E-state index is -3.66. The van der Waals surface area contributed by atoms with E-state index in [1.807, 2.05) is 0 Å². The summed E-state index contributed by atoms with van der Waals surface area (Å²) in [5.41, 5.74) is 0. The largest absolute Gasteiger partial charge is 0.493 e. The maximum Gasteiger partial charge on any atom is 0.245 e. The van der Waals surface area contributed by atoms with Crippen LogP contribution in [0.25, 0.3) is 0 Å². The van der Waals surface area contributed by atoms with Gasteiger partial charge in [0.2, 0.25) is 9.84 Å². The van der Waals surface area contributed by atoms with Crippen LogP contribution in [-0.4, -0.2) is 22.6 Å². The molecular formula is C10H10O4S. The van der Waals surface area contributed by atoms with Crippen molar-refractivity contribution in [3.63, 3.8) is 0 Å². The molecule has 0 aliphatic heterocycles. The third-order valence-corrected chi connectivity index (χ3v) is 3.01. The fourth-order valence-electron chi connectivity index (χ4n) is 1.05. The summed E-state index contributed by atoms with van der Waals surface area (Å²) in [5, 5.41) is 1.72. The summed E-state index contributed by atoms with van der Waals surface area (Å²) in [5.74, 6) is 0.780. The topological polar surface area (TPSA) is 52.6 Å². The zero-order valence-electron chi connectivity index (χ0n) is 8.35. The van der Waals surface area contributed by atoms with E-state index in [1.54, 1.807) is 5.25 Å². The molecule has 80 valence electrons. The van der Waals surface area contributed by atoms with Crippen LogP contribution >= 0.6 is 0 Å². The molecule has 5 heteroatoms. The number of sulfone groups is 1. The molecule has 0 amide bonds. The summed E-state index contributed by atoms with van der Waals surface area (Å²) >= 11 is 0. The highest BCUT2D eigenvalue weighted by Crippen LogP contribution is 2.29. The number of terminal acetylenes is 1. The van der Waals surface area contributed by atoms with Gasteiger partial charge in [0.05, 0.1) is 19.1 Å². The number of methoxy groups -OCH3 is 2. The molecule has 0 radical (unpaired) electrons. The van der Waals surface area contributed by atoms with E-state index < -0.39 is 9.84 Å². The first-order valence-electron chi connectivity index (χ1n) is 3.99.